The van der Waals surface area contributed by atoms with Gasteiger partial charge in [-0.25, -0.2) is 0 Å². The molecule has 1 aliphatic rings. The molecule has 0 aliphatic carbocycles. The van der Waals surface area contributed by atoms with Crippen molar-refractivity contribution in [3.63, 3.8) is 0 Å². The number of anilines is 1. The van der Waals surface area contributed by atoms with Gasteiger partial charge < -0.3 is 14.8 Å². The molecule has 3 aromatic heterocycles. The highest BCUT2D eigenvalue weighted by atomic mass is 32.1. The van der Waals surface area contributed by atoms with Crippen LogP contribution in [0.1, 0.15) is 23.5 Å². The van der Waals surface area contributed by atoms with Gasteiger partial charge in [0.1, 0.15) is 6.04 Å². The third-order valence-electron chi connectivity index (χ3n) is 5.16. The van der Waals surface area contributed by atoms with E-state index < -0.39 is 0 Å². The van der Waals surface area contributed by atoms with Gasteiger partial charge in [0.15, 0.2) is 5.11 Å². The maximum absolute atomic E-state index is 5.78. The third-order valence-corrected chi connectivity index (χ3v) is 5.47. The predicted octanol–water partition coefficient (Wildman–Crippen LogP) is 4.44. The van der Waals surface area contributed by atoms with E-state index in [1.54, 1.807) is 0 Å². The lowest BCUT2D eigenvalue weighted by atomic mass is 10.0. The fourth-order valence-electron chi connectivity index (χ4n) is 3.90. The number of nitrogens with one attached hydrogen (secondary N) is 1. The van der Waals surface area contributed by atoms with E-state index >= 15 is 0 Å². The van der Waals surface area contributed by atoms with Gasteiger partial charge >= 0.3 is 0 Å². The Bertz CT molecular complexity index is 1110. The molecule has 0 saturated carbocycles. The van der Waals surface area contributed by atoms with E-state index in [0.29, 0.717) is 5.11 Å². The summed E-state index contributed by atoms with van der Waals surface area (Å²) in [5.74, 6) is 0. The van der Waals surface area contributed by atoms with Gasteiger partial charge in [-0.3, -0.25) is 9.97 Å². The molecule has 2 unspecified atom stereocenters. The Hall–Kier alpha value is -3.51. The molecule has 6 heteroatoms. The zero-order chi connectivity index (χ0) is 19.6. The third kappa shape index (κ3) is 3.17. The van der Waals surface area contributed by atoms with Crippen molar-refractivity contribution in [1.82, 2.24) is 19.9 Å². The van der Waals surface area contributed by atoms with Gasteiger partial charge in [0.2, 0.25) is 0 Å². The number of rotatable bonds is 4. The smallest absolute Gasteiger partial charge is 0.174 e. The molecule has 4 heterocycles. The molecule has 0 bridgehead atoms. The molecular formula is C23H19N5S. The molecule has 1 fully saturated rings. The molecule has 4 aromatic rings. The summed E-state index contributed by atoms with van der Waals surface area (Å²) in [6.07, 6.45) is 7.51. The molecule has 0 spiro atoms. The Balaban J connectivity index is 1.67. The van der Waals surface area contributed by atoms with E-state index in [1.807, 2.05) is 67.1 Å². The lowest BCUT2D eigenvalue weighted by Gasteiger charge is -2.29. The largest absolute Gasteiger partial charge is 0.351 e. The Morgan fingerprint density at radius 3 is 2.34 bits per heavy atom. The number of thiocarbonyl (C=S) groups is 1. The minimum atomic E-state index is -0.0700. The van der Waals surface area contributed by atoms with Gasteiger partial charge in [-0.05, 0) is 60.7 Å². The average Bonchev–Trinajstić information content (AvgIpc) is 3.40. The minimum absolute atomic E-state index is 0.0528. The maximum atomic E-state index is 5.78. The first kappa shape index (κ1) is 17.6. The summed E-state index contributed by atoms with van der Waals surface area (Å²) in [6, 6.07) is 24.3. The van der Waals surface area contributed by atoms with Crippen LogP contribution in [0.5, 0.6) is 0 Å². The number of aromatic nitrogens is 3. The fourth-order valence-corrected chi connectivity index (χ4v) is 4.24. The van der Waals surface area contributed by atoms with Crippen molar-refractivity contribution in [2.24, 2.45) is 0 Å². The van der Waals surface area contributed by atoms with Gasteiger partial charge in [-0.2, -0.15) is 0 Å². The number of hydrogen-bond acceptors (Lipinski definition) is 3. The van der Waals surface area contributed by atoms with Crippen molar-refractivity contribution in [3.8, 4) is 5.69 Å². The second-order valence-electron chi connectivity index (χ2n) is 6.84. The van der Waals surface area contributed by atoms with Crippen LogP contribution >= 0.6 is 12.2 Å². The molecule has 5 rings (SSSR count). The van der Waals surface area contributed by atoms with Crippen LogP contribution in [0, 0.1) is 0 Å². The van der Waals surface area contributed by atoms with E-state index in [2.05, 4.69) is 55.2 Å². The van der Waals surface area contributed by atoms with Crippen LogP contribution in [-0.2, 0) is 0 Å². The van der Waals surface area contributed by atoms with Crippen LogP contribution in [0.15, 0.2) is 97.6 Å². The van der Waals surface area contributed by atoms with Gasteiger partial charge in [-0.15, -0.1) is 0 Å². The molecule has 1 aliphatic heterocycles. The number of pyridine rings is 2. The normalized spacial score (nSPS) is 18.6. The van der Waals surface area contributed by atoms with Crippen LogP contribution in [-0.4, -0.2) is 19.6 Å². The Labute approximate surface area is 174 Å². The minimum Gasteiger partial charge on any atom is -0.351 e. The quantitative estimate of drug-likeness (QED) is 0.516. The van der Waals surface area contributed by atoms with Crippen molar-refractivity contribution in [2.45, 2.75) is 12.1 Å². The summed E-state index contributed by atoms with van der Waals surface area (Å²) in [6.45, 7) is 0. The summed E-state index contributed by atoms with van der Waals surface area (Å²) in [7, 11) is 0. The van der Waals surface area contributed by atoms with E-state index in [4.69, 9.17) is 12.2 Å². The molecule has 1 aromatic carbocycles. The van der Waals surface area contributed by atoms with Crippen LogP contribution in [0.2, 0.25) is 0 Å². The molecule has 5 nitrogen and oxygen atoms in total. The van der Waals surface area contributed by atoms with Crippen LogP contribution in [0.3, 0.4) is 0 Å². The highest BCUT2D eigenvalue weighted by molar-refractivity contribution is 7.80. The topological polar surface area (TPSA) is 46.0 Å². The second-order valence-corrected chi connectivity index (χ2v) is 7.23. The fraction of sp³-hybridized carbons (Fsp3) is 0.0870. The first-order valence-corrected chi connectivity index (χ1v) is 9.87. The highest BCUT2D eigenvalue weighted by Crippen LogP contribution is 2.42. The van der Waals surface area contributed by atoms with E-state index in [9.17, 15) is 0 Å². The molecule has 142 valence electrons. The van der Waals surface area contributed by atoms with E-state index in [-0.39, 0.29) is 12.1 Å². The summed E-state index contributed by atoms with van der Waals surface area (Å²) in [5.41, 5.74) is 4.20. The van der Waals surface area contributed by atoms with Crippen molar-refractivity contribution < 1.29 is 0 Å². The van der Waals surface area contributed by atoms with E-state index in [1.165, 1.54) is 0 Å². The first-order chi connectivity index (χ1) is 14.3. The average molecular weight is 398 g/mol. The standard InChI is InChI=1S/C23H19N5S/c29-23-26-21(19-9-4-5-13-25-19)22(28(23)18-7-2-1-3-8-18)20-10-6-16-27(20)17-11-14-24-15-12-17/h1-16,21-22H,(H,26,29). The molecule has 0 radical (unpaired) electrons. The number of nitrogens with zero attached hydrogens (tertiary/aromatic N) is 4. The number of benzene rings is 1. The first-order valence-electron chi connectivity index (χ1n) is 9.46. The van der Waals surface area contributed by atoms with Gasteiger partial charge in [0, 0.05) is 41.9 Å². The van der Waals surface area contributed by atoms with Gasteiger partial charge in [0.25, 0.3) is 0 Å². The van der Waals surface area contributed by atoms with E-state index in [0.717, 1.165) is 22.8 Å². The Kier molecular flexibility index (Phi) is 4.54. The number of para-hydroxylation sites is 1. The second kappa shape index (κ2) is 7.48. The van der Waals surface area contributed by atoms with Crippen molar-refractivity contribution in [3.05, 3.63) is 109 Å². The molecule has 1 saturated heterocycles. The molecule has 2 atom stereocenters. The zero-order valence-electron chi connectivity index (χ0n) is 15.6. The summed E-state index contributed by atoms with van der Waals surface area (Å²) in [5, 5.41) is 4.20. The van der Waals surface area contributed by atoms with Crippen molar-refractivity contribution in [2.75, 3.05) is 4.90 Å². The van der Waals surface area contributed by atoms with Crippen LogP contribution < -0.4 is 10.2 Å². The SMILES string of the molecule is S=C1NC(c2ccccn2)C(c2cccn2-c2ccncc2)N1c1ccccc1. The summed E-state index contributed by atoms with van der Waals surface area (Å²) < 4.78 is 2.19. The molecular weight excluding hydrogens is 378 g/mol. The summed E-state index contributed by atoms with van der Waals surface area (Å²) >= 11 is 5.78. The lowest BCUT2D eigenvalue weighted by Crippen LogP contribution is -2.30. The Morgan fingerprint density at radius 1 is 0.793 bits per heavy atom. The lowest BCUT2D eigenvalue weighted by molar-refractivity contribution is 0.549. The monoisotopic (exact) mass is 397 g/mol. The van der Waals surface area contributed by atoms with Gasteiger partial charge in [0.05, 0.1) is 11.7 Å². The predicted molar refractivity (Wildman–Crippen MR) is 118 cm³/mol. The number of hydrogen-bond donors (Lipinski definition) is 1. The molecule has 1 N–H and O–H groups in total. The zero-order valence-corrected chi connectivity index (χ0v) is 16.4. The van der Waals surface area contributed by atoms with Crippen molar-refractivity contribution in [1.29, 1.82) is 0 Å². The highest BCUT2D eigenvalue weighted by Gasteiger charge is 2.42. The molecule has 29 heavy (non-hydrogen) atoms. The maximum Gasteiger partial charge on any atom is 0.174 e. The van der Waals surface area contributed by atoms with Gasteiger partial charge in [-0.1, -0.05) is 24.3 Å². The van der Waals surface area contributed by atoms with Crippen LogP contribution in [0.25, 0.3) is 5.69 Å². The van der Waals surface area contributed by atoms with Crippen molar-refractivity contribution >= 4 is 23.0 Å². The van der Waals surface area contributed by atoms with Crippen LogP contribution in [0.4, 0.5) is 5.69 Å². The summed E-state index contributed by atoms with van der Waals surface area (Å²) in [4.78, 5) is 11.0. The Morgan fingerprint density at radius 2 is 1.59 bits per heavy atom. The molecule has 0 amide bonds.